The number of nitrogens with zero attached hydrogens (tertiary/aromatic N) is 3. The van der Waals surface area contributed by atoms with Gasteiger partial charge in [0.05, 0.1) is 6.61 Å². The van der Waals surface area contributed by atoms with Crippen LogP contribution in [0, 0.1) is 0 Å². The van der Waals surface area contributed by atoms with Gasteiger partial charge >= 0.3 is 0 Å². The Morgan fingerprint density at radius 1 is 1.50 bits per heavy atom. The van der Waals surface area contributed by atoms with Gasteiger partial charge < -0.3 is 20.7 Å². The van der Waals surface area contributed by atoms with Crippen LogP contribution in [0.25, 0.3) is 0 Å². The summed E-state index contributed by atoms with van der Waals surface area (Å²) < 4.78 is 5.51. The van der Waals surface area contributed by atoms with E-state index in [1.165, 1.54) is 6.33 Å². The quantitative estimate of drug-likeness (QED) is 0.818. The first kappa shape index (κ1) is 14.4. The van der Waals surface area contributed by atoms with Crippen LogP contribution in [0.5, 0.6) is 5.88 Å². The number of anilines is 2. The Hall–Kier alpha value is -2.05. The summed E-state index contributed by atoms with van der Waals surface area (Å²) in [4.78, 5) is 22.1. The Labute approximate surface area is 118 Å². The first-order chi connectivity index (χ1) is 9.69. The van der Waals surface area contributed by atoms with Crippen molar-refractivity contribution in [3.63, 3.8) is 0 Å². The molecule has 1 aliphatic heterocycles. The highest BCUT2D eigenvalue weighted by atomic mass is 16.5. The second kappa shape index (κ2) is 6.40. The molecule has 0 aromatic carbocycles. The van der Waals surface area contributed by atoms with Crippen LogP contribution >= 0.6 is 0 Å². The largest absolute Gasteiger partial charge is 0.476 e. The van der Waals surface area contributed by atoms with Gasteiger partial charge in [0.15, 0.2) is 5.82 Å². The fourth-order valence-corrected chi connectivity index (χ4v) is 2.29. The molecule has 110 valence electrons. The van der Waals surface area contributed by atoms with E-state index in [0.717, 1.165) is 6.42 Å². The third kappa shape index (κ3) is 2.76. The maximum absolute atomic E-state index is 11.9. The van der Waals surface area contributed by atoms with Gasteiger partial charge in [0.2, 0.25) is 11.8 Å². The summed E-state index contributed by atoms with van der Waals surface area (Å²) in [5.74, 6) is 0.971. The first-order valence-corrected chi connectivity index (χ1v) is 6.96. The molecule has 0 radical (unpaired) electrons. The number of hydrogen-bond acceptors (Lipinski definition) is 6. The molecule has 1 amide bonds. The minimum absolute atomic E-state index is 0.00721. The van der Waals surface area contributed by atoms with E-state index >= 15 is 0 Å². The monoisotopic (exact) mass is 279 g/mol. The lowest BCUT2D eigenvalue weighted by atomic mass is 10.1. The summed E-state index contributed by atoms with van der Waals surface area (Å²) in [7, 11) is 0. The molecule has 0 aliphatic carbocycles. The van der Waals surface area contributed by atoms with Gasteiger partial charge in [0, 0.05) is 13.1 Å². The normalized spacial score (nSPS) is 18.8. The molecule has 3 N–H and O–H groups in total. The van der Waals surface area contributed by atoms with Gasteiger partial charge in [-0.15, -0.1) is 0 Å². The van der Waals surface area contributed by atoms with Crippen LogP contribution in [0.2, 0.25) is 0 Å². The van der Waals surface area contributed by atoms with Crippen molar-refractivity contribution in [2.24, 2.45) is 0 Å². The average Bonchev–Trinajstić information content (AvgIpc) is 2.46. The summed E-state index contributed by atoms with van der Waals surface area (Å²) in [5, 5.41) is 2.86. The number of nitrogen functional groups attached to an aromatic ring is 1. The van der Waals surface area contributed by atoms with Crippen LogP contribution in [0.1, 0.15) is 26.7 Å². The molecule has 7 heteroatoms. The molecule has 1 unspecified atom stereocenters. The third-order valence-electron chi connectivity index (χ3n) is 3.26. The lowest BCUT2D eigenvalue weighted by Gasteiger charge is -2.35. The van der Waals surface area contributed by atoms with Crippen LogP contribution in [0.4, 0.5) is 11.5 Å². The number of aromatic nitrogens is 2. The van der Waals surface area contributed by atoms with Crippen molar-refractivity contribution >= 4 is 17.4 Å². The number of nitrogens with one attached hydrogen (secondary N) is 1. The highest BCUT2D eigenvalue weighted by molar-refractivity contribution is 5.87. The molecule has 20 heavy (non-hydrogen) atoms. The maximum Gasteiger partial charge on any atom is 0.242 e. The van der Waals surface area contributed by atoms with Gasteiger partial charge in [-0.3, -0.25) is 4.79 Å². The van der Waals surface area contributed by atoms with Crippen molar-refractivity contribution in [3.8, 4) is 5.88 Å². The smallest absolute Gasteiger partial charge is 0.242 e. The number of carbonyl (C=O) groups excluding carboxylic acids is 1. The molecule has 1 atom stereocenters. The predicted octanol–water partition coefficient (Wildman–Crippen LogP) is 0.562. The molecule has 0 bridgehead atoms. The van der Waals surface area contributed by atoms with Crippen LogP contribution in [0.3, 0.4) is 0 Å². The van der Waals surface area contributed by atoms with E-state index in [0.29, 0.717) is 43.5 Å². The first-order valence-electron chi connectivity index (χ1n) is 6.96. The van der Waals surface area contributed by atoms with Gasteiger partial charge in [0.1, 0.15) is 18.1 Å². The average molecular weight is 279 g/mol. The zero-order valence-electron chi connectivity index (χ0n) is 11.9. The number of nitrogens with two attached hydrogens (primary N) is 1. The van der Waals surface area contributed by atoms with Crippen molar-refractivity contribution in [1.29, 1.82) is 0 Å². The van der Waals surface area contributed by atoms with Crippen LogP contribution in [-0.4, -0.2) is 41.6 Å². The van der Waals surface area contributed by atoms with E-state index in [4.69, 9.17) is 10.5 Å². The standard InChI is InChI=1S/C13H21N5O2/c1-3-7-20-13-10(14)11(16-8-17-13)18-6-5-15-12(19)9(18)4-2/h8-9H,3-7,14H2,1-2H3,(H,15,19). The van der Waals surface area contributed by atoms with Crippen molar-refractivity contribution in [2.45, 2.75) is 32.7 Å². The van der Waals surface area contributed by atoms with Gasteiger partial charge in [-0.1, -0.05) is 13.8 Å². The second-order valence-corrected chi connectivity index (χ2v) is 4.67. The summed E-state index contributed by atoms with van der Waals surface area (Å²) in [6.45, 7) is 5.80. The lowest BCUT2D eigenvalue weighted by Crippen LogP contribution is -2.55. The molecule has 1 saturated heterocycles. The van der Waals surface area contributed by atoms with Gasteiger partial charge in [0.25, 0.3) is 0 Å². The minimum Gasteiger partial charge on any atom is -0.476 e. The van der Waals surface area contributed by atoms with Crippen LogP contribution in [0.15, 0.2) is 6.33 Å². The van der Waals surface area contributed by atoms with E-state index in [2.05, 4.69) is 15.3 Å². The molecule has 0 saturated carbocycles. The number of piperazine rings is 1. The molecular weight excluding hydrogens is 258 g/mol. The highest BCUT2D eigenvalue weighted by Crippen LogP contribution is 2.30. The van der Waals surface area contributed by atoms with Crippen LogP contribution < -0.4 is 20.7 Å². The summed E-state index contributed by atoms with van der Waals surface area (Å²) in [6, 6.07) is -0.250. The Morgan fingerprint density at radius 2 is 2.30 bits per heavy atom. The van der Waals surface area contributed by atoms with E-state index in [9.17, 15) is 4.79 Å². The highest BCUT2D eigenvalue weighted by Gasteiger charge is 2.31. The second-order valence-electron chi connectivity index (χ2n) is 4.67. The molecule has 1 fully saturated rings. The van der Waals surface area contributed by atoms with E-state index in [1.807, 2.05) is 18.7 Å². The van der Waals surface area contributed by atoms with Gasteiger partial charge in [-0.05, 0) is 12.8 Å². The summed E-state index contributed by atoms with van der Waals surface area (Å²) >= 11 is 0. The zero-order chi connectivity index (χ0) is 14.5. The Bertz CT molecular complexity index is 480. The van der Waals surface area contributed by atoms with Gasteiger partial charge in [-0.2, -0.15) is 4.98 Å². The molecule has 0 spiro atoms. The van der Waals surface area contributed by atoms with Crippen molar-refractivity contribution in [2.75, 3.05) is 30.3 Å². The van der Waals surface area contributed by atoms with Gasteiger partial charge in [-0.25, -0.2) is 4.98 Å². The third-order valence-corrected chi connectivity index (χ3v) is 3.26. The Kier molecular flexibility index (Phi) is 4.60. The minimum atomic E-state index is -0.250. The SMILES string of the molecule is CCCOc1ncnc(N2CCNC(=O)C2CC)c1N. The van der Waals surface area contributed by atoms with Crippen molar-refractivity contribution in [1.82, 2.24) is 15.3 Å². The number of carbonyl (C=O) groups is 1. The predicted molar refractivity (Wildman–Crippen MR) is 76.7 cm³/mol. The van der Waals surface area contributed by atoms with E-state index in [-0.39, 0.29) is 11.9 Å². The number of ether oxygens (including phenoxy) is 1. The van der Waals surface area contributed by atoms with E-state index in [1.54, 1.807) is 0 Å². The molecule has 1 aromatic heterocycles. The molecule has 1 aromatic rings. The van der Waals surface area contributed by atoms with E-state index < -0.39 is 0 Å². The molecule has 2 rings (SSSR count). The van der Waals surface area contributed by atoms with Crippen molar-refractivity contribution < 1.29 is 9.53 Å². The Balaban J connectivity index is 2.29. The lowest BCUT2D eigenvalue weighted by molar-refractivity contribution is -0.123. The van der Waals surface area contributed by atoms with Crippen molar-refractivity contribution in [3.05, 3.63) is 6.33 Å². The summed E-state index contributed by atoms with van der Waals surface area (Å²) in [5.41, 5.74) is 6.49. The summed E-state index contributed by atoms with van der Waals surface area (Å²) in [6.07, 6.45) is 3.00. The Morgan fingerprint density at radius 3 is 3.00 bits per heavy atom. The molecule has 2 heterocycles. The fourth-order valence-electron chi connectivity index (χ4n) is 2.29. The number of rotatable bonds is 5. The number of hydrogen-bond donors (Lipinski definition) is 2. The maximum atomic E-state index is 11.9. The fraction of sp³-hybridized carbons (Fsp3) is 0.615. The zero-order valence-corrected chi connectivity index (χ0v) is 11.9. The molecular formula is C13H21N5O2. The van der Waals surface area contributed by atoms with Crippen LogP contribution in [-0.2, 0) is 4.79 Å². The topological polar surface area (TPSA) is 93.4 Å². The molecule has 7 nitrogen and oxygen atoms in total. The number of amides is 1. The molecule has 1 aliphatic rings.